The summed E-state index contributed by atoms with van der Waals surface area (Å²) in [4.78, 5) is 12.1. The van der Waals surface area contributed by atoms with Crippen molar-refractivity contribution in [3.8, 4) is 5.75 Å². The van der Waals surface area contributed by atoms with Gasteiger partial charge in [-0.3, -0.25) is 0 Å². The fourth-order valence-corrected chi connectivity index (χ4v) is 3.03. The molecule has 0 aromatic heterocycles. The van der Waals surface area contributed by atoms with E-state index in [4.69, 9.17) is 27.9 Å². The van der Waals surface area contributed by atoms with Gasteiger partial charge in [0.05, 0.1) is 16.7 Å². The molecule has 1 aliphatic rings. The predicted octanol–water partition coefficient (Wildman–Crippen LogP) is 4.68. The van der Waals surface area contributed by atoms with Crippen molar-refractivity contribution in [1.29, 1.82) is 0 Å². The lowest BCUT2D eigenvalue weighted by atomic mass is 10.0. The number of carbonyl (C=O) groups excluding carboxylic acids is 1. The number of carbonyl (C=O) groups is 1. The Morgan fingerprint density at radius 3 is 2.83 bits per heavy atom. The zero-order valence-corrected chi connectivity index (χ0v) is 14.7. The van der Waals surface area contributed by atoms with E-state index in [-0.39, 0.29) is 12.1 Å². The van der Waals surface area contributed by atoms with Crippen LogP contribution in [0.4, 0.5) is 10.5 Å². The summed E-state index contributed by atoms with van der Waals surface area (Å²) in [6.07, 6.45) is 1.70. The fraction of sp³-hybridized carbons (Fsp3) is 0.278. The quantitative estimate of drug-likeness (QED) is 0.827. The highest BCUT2D eigenvalue weighted by atomic mass is 35.5. The second-order valence-corrected chi connectivity index (χ2v) is 6.69. The number of halogens is 2. The van der Waals surface area contributed by atoms with Gasteiger partial charge in [0.2, 0.25) is 0 Å². The summed E-state index contributed by atoms with van der Waals surface area (Å²) in [7, 11) is 0. The molecule has 0 bridgehead atoms. The Balaban J connectivity index is 1.55. The van der Waals surface area contributed by atoms with Crippen LogP contribution in [0.2, 0.25) is 10.0 Å². The first kappa shape index (κ1) is 16.9. The molecule has 2 aromatic rings. The van der Waals surface area contributed by atoms with Gasteiger partial charge in [0.25, 0.3) is 0 Å². The first-order valence-corrected chi connectivity index (χ1v) is 8.54. The molecule has 2 amide bonds. The Kier molecular flexibility index (Phi) is 5.17. The first-order valence-electron chi connectivity index (χ1n) is 7.78. The van der Waals surface area contributed by atoms with Gasteiger partial charge >= 0.3 is 6.03 Å². The van der Waals surface area contributed by atoms with Crippen molar-refractivity contribution in [2.75, 3.05) is 11.9 Å². The van der Waals surface area contributed by atoms with Gasteiger partial charge in [0.1, 0.15) is 5.75 Å². The van der Waals surface area contributed by atoms with E-state index in [0.29, 0.717) is 15.7 Å². The van der Waals surface area contributed by atoms with Crippen LogP contribution in [-0.2, 0) is 12.8 Å². The van der Waals surface area contributed by atoms with E-state index in [9.17, 15) is 4.79 Å². The number of urea groups is 1. The smallest absolute Gasteiger partial charge is 0.319 e. The minimum absolute atomic E-state index is 0.00635. The standard InChI is InChI=1S/C18H18Cl2N2O2/c1-11(8-12-2-5-17-13(9-12)6-7-24-17)21-18(23)22-14-3-4-15(19)16(20)10-14/h2-5,9-11H,6-8H2,1H3,(H2,21,22,23). The van der Waals surface area contributed by atoms with Crippen LogP contribution in [0.5, 0.6) is 5.75 Å². The van der Waals surface area contributed by atoms with Crippen LogP contribution in [0.1, 0.15) is 18.1 Å². The molecule has 0 fully saturated rings. The molecule has 1 aliphatic heterocycles. The summed E-state index contributed by atoms with van der Waals surface area (Å²) in [5, 5.41) is 6.54. The molecule has 0 aliphatic carbocycles. The molecule has 126 valence electrons. The van der Waals surface area contributed by atoms with Crippen molar-refractivity contribution in [1.82, 2.24) is 5.32 Å². The highest BCUT2D eigenvalue weighted by Gasteiger charge is 2.14. The third kappa shape index (κ3) is 4.13. The second kappa shape index (κ2) is 7.32. The number of rotatable bonds is 4. The number of hydrogen-bond acceptors (Lipinski definition) is 2. The highest BCUT2D eigenvalue weighted by Crippen LogP contribution is 2.26. The predicted molar refractivity (Wildman–Crippen MR) is 97.4 cm³/mol. The Labute approximate surface area is 151 Å². The topological polar surface area (TPSA) is 50.4 Å². The minimum Gasteiger partial charge on any atom is -0.493 e. The number of amides is 2. The SMILES string of the molecule is CC(Cc1ccc2c(c1)CCO2)NC(=O)Nc1ccc(Cl)c(Cl)c1. The molecule has 1 heterocycles. The summed E-state index contributed by atoms with van der Waals surface area (Å²) in [5.41, 5.74) is 3.02. The second-order valence-electron chi connectivity index (χ2n) is 5.87. The van der Waals surface area contributed by atoms with Gasteiger partial charge < -0.3 is 15.4 Å². The van der Waals surface area contributed by atoms with E-state index in [1.807, 2.05) is 19.1 Å². The zero-order chi connectivity index (χ0) is 17.1. The molecule has 1 unspecified atom stereocenters. The Morgan fingerprint density at radius 1 is 1.21 bits per heavy atom. The van der Waals surface area contributed by atoms with Crippen LogP contribution in [0.25, 0.3) is 0 Å². The fourth-order valence-electron chi connectivity index (χ4n) is 2.74. The molecule has 2 aromatic carbocycles. The van der Waals surface area contributed by atoms with Crippen molar-refractivity contribution in [2.45, 2.75) is 25.8 Å². The zero-order valence-electron chi connectivity index (χ0n) is 13.2. The third-order valence-electron chi connectivity index (χ3n) is 3.85. The monoisotopic (exact) mass is 364 g/mol. The van der Waals surface area contributed by atoms with Gasteiger partial charge in [-0.05, 0) is 48.7 Å². The van der Waals surface area contributed by atoms with Crippen LogP contribution >= 0.6 is 23.2 Å². The summed E-state index contributed by atoms with van der Waals surface area (Å²) in [5.74, 6) is 0.969. The summed E-state index contributed by atoms with van der Waals surface area (Å²) in [6, 6.07) is 10.9. The van der Waals surface area contributed by atoms with E-state index in [1.54, 1.807) is 18.2 Å². The largest absolute Gasteiger partial charge is 0.493 e. The third-order valence-corrected chi connectivity index (χ3v) is 4.59. The van der Waals surface area contributed by atoms with Gasteiger partial charge in [-0.1, -0.05) is 35.3 Å². The molecule has 24 heavy (non-hydrogen) atoms. The van der Waals surface area contributed by atoms with Crippen molar-refractivity contribution in [3.63, 3.8) is 0 Å². The molecule has 0 radical (unpaired) electrons. The maximum atomic E-state index is 12.1. The first-order chi connectivity index (χ1) is 11.5. The average Bonchev–Trinajstić information content (AvgIpc) is 2.98. The molecule has 3 rings (SSSR count). The number of nitrogens with one attached hydrogen (secondary N) is 2. The van der Waals surface area contributed by atoms with E-state index in [0.717, 1.165) is 25.2 Å². The lowest BCUT2D eigenvalue weighted by Gasteiger charge is -2.15. The molecule has 6 heteroatoms. The molecule has 2 N–H and O–H groups in total. The molecule has 4 nitrogen and oxygen atoms in total. The van der Waals surface area contributed by atoms with E-state index < -0.39 is 0 Å². The minimum atomic E-state index is -0.273. The van der Waals surface area contributed by atoms with Crippen LogP contribution in [0, 0.1) is 0 Å². The van der Waals surface area contributed by atoms with Crippen LogP contribution < -0.4 is 15.4 Å². The van der Waals surface area contributed by atoms with Crippen molar-refractivity contribution < 1.29 is 9.53 Å². The van der Waals surface area contributed by atoms with Crippen LogP contribution in [0.15, 0.2) is 36.4 Å². The molecular weight excluding hydrogens is 347 g/mol. The Bertz CT molecular complexity index is 765. The van der Waals surface area contributed by atoms with Gasteiger partial charge in [0, 0.05) is 18.2 Å². The van der Waals surface area contributed by atoms with Gasteiger partial charge in [-0.25, -0.2) is 4.79 Å². The van der Waals surface area contributed by atoms with E-state index in [1.165, 1.54) is 11.1 Å². The maximum Gasteiger partial charge on any atom is 0.319 e. The maximum absolute atomic E-state index is 12.1. The summed E-state index contributed by atoms with van der Waals surface area (Å²) < 4.78 is 5.51. The van der Waals surface area contributed by atoms with Crippen molar-refractivity contribution >= 4 is 34.9 Å². The lowest BCUT2D eigenvalue weighted by molar-refractivity contribution is 0.249. The molecule has 0 saturated carbocycles. The molecule has 1 atom stereocenters. The average molecular weight is 365 g/mol. The van der Waals surface area contributed by atoms with E-state index >= 15 is 0 Å². The Morgan fingerprint density at radius 2 is 2.04 bits per heavy atom. The number of ether oxygens (including phenoxy) is 1. The molecule has 0 saturated heterocycles. The van der Waals surface area contributed by atoms with Gasteiger partial charge in [0.15, 0.2) is 0 Å². The lowest BCUT2D eigenvalue weighted by Crippen LogP contribution is -2.37. The summed E-state index contributed by atoms with van der Waals surface area (Å²) in [6.45, 7) is 2.72. The Hall–Kier alpha value is -1.91. The van der Waals surface area contributed by atoms with E-state index in [2.05, 4.69) is 16.7 Å². The number of fused-ring (bicyclic) bond motifs is 1. The molecule has 0 spiro atoms. The van der Waals surface area contributed by atoms with Crippen molar-refractivity contribution in [3.05, 3.63) is 57.6 Å². The number of benzene rings is 2. The van der Waals surface area contributed by atoms with Crippen molar-refractivity contribution in [2.24, 2.45) is 0 Å². The highest BCUT2D eigenvalue weighted by molar-refractivity contribution is 6.42. The van der Waals surface area contributed by atoms with Crippen LogP contribution in [-0.4, -0.2) is 18.7 Å². The summed E-state index contributed by atoms with van der Waals surface area (Å²) >= 11 is 11.8. The van der Waals surface area contributed by atoms with Crippen LogP contribution in [0.3, 0.4) is 0 Å². The number of anilines is 1. The van der Waals surface area contributed by atoms with Gasteiger partial charge in [-0.15, -0.1) is 0 Å². The van der Waals surface area contributed by atoms with Gasteiger partial charge in [-0.2, -0.15) is 0 Å². The molecular formula is C18H18Cl2N2O2. The normalized spacial score (nSPS) is 13.8. The number of hydrogen-bond donors (Lipinski definition) is 2.